The van der Waals surface area contributed by atoms with E-state index in [9.17, 15) is 14.0 Å². The average Bonchev–Trinajstić information content (AvgIpc) is 2.83. The third kappa shape index (κ3) is 4.73. The van der Waals surface area contributed by atoms with Crippen molar-refractivity contribution in [1.82, 2.24) is 5.32 Å². The summed E-state index contributed by atoms with van der Waals surface area (Å²) in [4.78, 5) is 22.4. The van der Waals surface area contributed by atoms with Crippen LogP contribution in [0, 0.1) is 0 Å². The van der Waals surface area contributed by atoms with Crippen LogP contribution in [0.4, 0.5) is 4.39 Å². The molecular weight excluding hydrogens is 275 g/mol. The van der Waals surface area contributed by atoms with Crippen LogP contribution >= 0.6 is 0 Å². The van der Waals surface area contributed by atoms with E-state index in [4.69, 9.17) is 10.5 Å². The Labute approximate surface area is 122 Å². The van der Waals surface area contributed by atoms with Gasteiger partial charge in [0.25, 0.3) is 5.91 Å². The third-order valence-corrected chi connectivity index (χ3v) is 3.45. The van der Waals surface area contributed by atoms with E-state index in [1.807, 2.05) is 0 Å². The molecule has 0 spiro atoms. The molecule has 1 fully saturated rings. The van der Waals surface area contributed by atoms with Crippen molar-refractivity contribution in [3.8, 4) is 5.75 Å². The second kappa shape index (κ2) is 7.06. The number of nitrogens with two attached hydrogens (primary N) is 1. The fourth-order valence-electron chi connectivity index (χ4n) is 2.38. The van der Waals surface area contributed by atoms with Crippen LogP contribution in [0.25, 0.3) is 0 Å². The maximum Gasteiger partial charge on any atom is 0.258 e. The molecular formula is C15H19FN2O3. The van der Waals surface area contributed by atoms with Gasteiger partial charge in [-0.1, -0.05) is 12.1 Å². The van der Waals surface area contributed by atoms with Gasteiger partial charge in [-0.2, -0.15) is 0 Å². The highest BCUT2D eigenvalue weighted by molar-refractivity contribution is 5.78. The number of carbonyl (C=O) groups excluding carboxylic acids is 2. The molecule has 6 heteroatoms. The first-order valence-corrected chi connectivity index (χ1v) is 6.98. The predicted molar refractivity (Wildman–Crippen MR) is 75.5 cm³/mol. The summed E-state index contributed by atoms with van der Waals surface area (Å²) in [6.07, 6.45) is 1.19. The van der Waals surface area contributed by atoms with Crippen molar-refractivity contribution in [1.29, 1.82) is 0 Å². The highest BCUT2D eigenvalue weighted by Gasteiger charge is 2.28. The van der Waals surface area contributed by atoms with Gasteiger partial charge in [-0.3, -0.25) is 9.59 Å². The summed E-state index contributed by atoms with van der Waals surface area (Å²) in [5.74, 6) is -0.215. The van der Waals surface area contributed by atoms with Crippen molar-refractivity contribution in [3.05, 3.63) is 29.8 Å². The Balaban J connectivity index is 1.77. The topological polar surface area (TPSA) is 81.4 Å². The Kier molecular flexibility index (Phi) is 5.14. The van der Waals surface area contributed by atoms with Crippen LogP contribution in [-0.4, -0.2) is 30.6 Å². The quantitative estimate of drug-likeness (QED) is 0.824. The summed E-state index contributed by atoms with van der Waals surface area (Å²) in [6.45, 7) is -0.154. The largest absolute Gasteiger partial charge is 0.484 e. The van der Waals surface area contributed by atoms with E-state index in [1.54, 1.807) is 24.3 Å². The normalized spacial score (nSPS) is 21.0. The van der Waals surface area contributed by atoms with Crippen molar-refractivity contribution in [2.24, 2.45) is 5.73 Å². The molecule has 3 N–H and O–H groups in total. The molecule has 1 aliphatic carbocycles. The molecule has 1 aromatic rings. The average molecular weight is 294 g/mol. The third-order valence-electron chi connectivity index (χ3n) is 3.45. The van der Waals surface area contributed by atoms with E-state index in [1.165, 1.54) is 0 Å². The van der Waals surface area contributed by atoms with Crippen LogP contribution in [0.3, 0.4) is 0 Å². The van der Waals surface area contributed by atoms with Gasteiger partial charge in [-0.05, 0) is 37.0 Å². The number of primary amides is 1. The second-order valence-electron chi connectivity index (χ2n) is 5.20. The maximum absolute atomic E-state index is 13.4. The number of hydrogen-bond acceptors (Lipinski definition) is 3. The number of halogens is 1. The van der Waals surface area contributed by atoms with Gasteiger partial charge in [-0.15, -0.1) is 0 Å². The number of benzene rings is 1. The minimum atomic E-state index is -0.956. The zero-order valence-electron chi connectivity index (χ0n) is 11.7. The number of alkyl halides is 1. The molecule has 1 saturated carbocycles. The molecule has 0 saturated heterocycles. The van der Waals surface area contributed by atoms with Gasteiger partial charge in [-0.25, -0.2) is 4.39 Å². The number of ether oxygens (including phenoxy) is 1. The molecule has 1 aromatic carbocycles. The van der Waals surface area contributed by atoms with E-state index < -0.39 is 12.1 Å². The van der Waals surface area contributed by atoms with Crippen LogP contribution in [-0.2, 0) is 16.0 Å². The summed E-state index contributed by atoms with van der Waals surface area (Å²) in [5.41, 5.74) is 5.88. The standard InChI is InChI=1S/C15H19FN2O3/c16-12-2-1-3-13(12)18-15(20)9-21-11-6-4-10(5-7-11)8-14(17)19/h4-7,12-13H,1-3,8-9H2,(H2,17,19)(H,18,20)/t12-,13+/m1/s1. The fourth-order valence-corrected chi connectivity index (χ4v) is 2.38. The Morgan fingerprint density at radius 3 is 2.57 bits per heavy atom. The van der Waals surface area contributed by atoms with Gasteiger partial charge in [0, 0.05) is 0 Å². The maximum atomic E-state index is 13.4. The SMILES string of the molecule is NC(=O)Cc1ccc(OCC(=O)N[C@H]2CCC[C@H]2F)cc1. The molecule has 21 heavy (non-hydrogen) atoms. The van der Waals surface area contributed by atoms with Gasteiger partial charge in [0.2, 0.25) is 5.91 Å². The van der Waals surface area contributed by atoms with E-state index >= 15 is 0 Å². The van der Waals surface area contributed by atoms with Crippen LogP contribution < -0.4 is 15.8 Å². The molecule has 2 atom stereocenters. The molecule has 0 unspecified atom stereocenters. The molecule has 2 amide bonds. The van der Waals surface area contributed by atoms with Crippen LogP contribution in [0.5, 0.6) is 5.75 Å². The van der Waals surface area contributed by atoms with E-state index in [-0.39, 0.29) is 25.0 Å². The molecule has 0 heterocycles. The van der Waals surface area contributed by atoms with Crippen molar-refractivity contribution in [3.63, 3.8) is 0 Å². The van der Waals surface area contributed by atoms with Gasteiger partial charge in [0.1, 0.15) is 11.9 Å². The molecule has 2 rings (SSSR count). The zero-order valence-corrected chi connectivity index (χ0v) is 11.7. The highest BCUT2D eigenvalue weighted by Crippen LogP contribution is 2.21. The van der Waals surface area contributed by atoms with Gasteiger partial charge in [0.05, 0.1) is 12.5 Å². The summed E-state index contributed by atoms with van der Waals surface area (Å²) in [7, 11) is 0. The molecule has 1 aliphatic rings. The Morgan fingerprint density at radius 2 is 2.00 bits per heavy atom. The first-order chi connectivity index (χ1) is 10.0. The van der Waals surface area contributed by atoms with Crippen LogP contribution in [0.15, 0.2) is 24.3 Å². The number of amides is 2. The lowest BCUT2D eigenvalue weighted by molar-refractivity contribution is -0.124. The van der Waals surface area contributed by atoms with Crippen molar-refractivity contribution >= 4 is 11.8 Å². The molecule has 0 aliphatic heterocycles. The monoisotopic (exact) mass is 294 g/mol. The lowest BCUT2D eigenvalue weighted by atomic mass is 10.1. The predicted octanol–water partition coefficient (Wildman–Crippen LogP) is 1.10. The smallest absolute Gasteiger partial charge is 0.258 e. The molecule has 0 aromatic heterocycles. The highest BCUT2D eigenvalue weighted by atomic mass is 19.1. The van der Waals surface area contributed by atoms with E-state index in [0.717, 1.165) is 12.0 Å². The van der Waals surface area contributed by atoms with Crippen molar-refractivity contribution in [2.75, 3.05) is 6.61 Å². The lowest BCUT2D eigenvalue weighted by Crippen LogP contribution is -2.40. The van der Waals surface area contributed by atoms with Crippen LogP contribution in [0.2, 0.25) is 0 Å². The van der Waals surface area contributed by atoms with Gasteiger partial charge >= 0.3 is 0 Å². The Bertz CT molecular complexity index is 504. The first-order valence-electron chi connectivity index (χ1n) is 6.98. The molecule has 0 radical (unpaired) electrons. The summed E-state index contributed by atoms with van der Waals surface area (Å²) in [5, 5.41) is 2.64. The Hall–Kier alpha value is -2.11. The Morgan fingerprint density at radius 1 is 1.29 bits per heavy atom. The number of hydrogen-bond donors (Lipinski definition) is 2. The fraction of sp³-hybridized carbons (Fsp3) is 0.467. The molecule has 5 nitrogen and oxygen atoms in total. The lowest BCUT2D eigenvalue weighted by Gasteiger charge is -2.15. The molecule has 114 valence electrons. The number of rotatable bonds is 6. The number of nitrogens with one attached hydrogen (secondary N) is 1. The second-order valence-corrected chi connectivity index (χ2v) is 5.20. The van der Waals surface area contributed by atoms with Gasteiger partial charge < -0.3 is 15.8 Å². The van der Waals surface area contributed by atoms with E-state index in [0.29, 0.717) is 18.6 Å². The summed E-state index contributed by atoms with van der Waals surface area (Å²) >= 11 is 0. The van der Waals surface area contributed by atoms with Crippen molar-refractivity contribution in [2.45, 2.75) is 37.9 Å². The summed E-state index contributed by atoms with van der Waals surface area (Å²) in [6, 6.07) is 6.37. The first kappa shape index (κ1) is 15.3. The van der Waals surface area contributed by atoms with Crippen molar-refractivity contribution < 1.29 is 18.7 Å². The molecule has 0 bridgehead atoms. The minimum absolute atomic E-state index is 0.154. The van der Waals surface area contributed by atoms with Crippen LogP contribution in [0.1, 0.15) is 24.8 Å². The number of carbonyl (C=O) groups is 2. The minimum Gasteiger partial charge on any atom is -0.484 e. The summed E-state index contributed by atoms with van der Waals surface area (Å²) < 4.78 is 18.7. The zero-order chi connectivity index (χ0) is 15.2. The van der Waals surface area contributed by atoms with E-state index in [2.05, 4.69) is 5.32 Å². The van der Waals surface area contributed by atoms with Gasteiger partial charge in [0.15, 0.2) is 6.61 Å².